The second-order valence-corrected chi connectivity index (χ2v) is 5.69. The summed E-state index contributed by atoms with van der Waals surface area (Å²) in [4.78, 5) is 14.2. The zero-order chi connectivity index (χ0) is 14.0. The van der Waals surface area contributed by atoms with E-state index >= 15 is 0 Å². The molecule has 1 aromatic rings. The van der Waals surface area contributed by atoms with E-state index in [-0.39, 0.29) is 12.3 Å². The predicted molar refractivity (Wildman–Crippen MR) is 68.7 cm³/mol. The molecule has 0 saturated heterocycles. The standard InChI is InChI=1S/C12H11NO5S/c1-8-3-2-4-10(5-8)18-6-9-7-19(16,17)11(13-9)12(14)15/h2-5,7H,6H2,1H3,(H,14,15). The first kappa shape index (κ1) is 13.3. The van der Waals surface area contributed by atoms with E-state index in [0.29, 0.717) is 5.75 Å². The molecule has 0 spiro atoms. The summed E-state index contributed by atoms with van der Waals surface area (Å²) in [6.07, 6.45) is 0. The molecule has 2 rings (SSSR count). The fourth-order valence-corrected chi connectivity index (χ4v) is 2.63. The molecule has 6 nitrogen and oxygen atoms in total. The maximum atomic E-state index is 11.4. The molecule has 0 aromatic heterocycles. The van der Waals surface area contributed by atoms with E-state index in [0.717, 1.165) is 11.0 Å². The van der Waals surface area contributed by atoms with Crippen LogP contribution in [-0.4, -0.2) is 31.1 Å². The highest BCUT2D eigenvalue weighted by Crippen LogP contribution is 2.18. The van der Waals surface area contributed by atoms with Crippen LogP contribution in [0, 0.1) is 6.92 Å². The number of carbonyl (C=O) groups is 1. The smallest absolute Gasteiger partial charge is 0.366 e. The summed E-state index contributed by atoms with van der Waals surface area (Å²) in [7, 11) is -3.94. The lowest BCUT2D eigenvalue weighted by Crippen LogP contribution is -2.19. The summed E-state index contributed by atoms with van der Waals surface area (Å²) in [5.74, 6) is -1.00. The van der Waals surface area contributed by atoms with Crippen molar-refractivity contribution < 1.29 is 23.1 Å². The van der Waals surface area contributed by atoms with Crippen LogP contribution in [0.3, 0.4) is 0 Å². The van der Waals surface area contributed by atoms with Gasteiger partial charge < -0.3 is 9.84 Å². The van der Waals surface area contributed by atoms with Gasteiger partial charge in [-0.25, -0.2) is 18.2 Å². The number of carboxylic acid groups (broad SMARTS) is 1. The number of hydrogen-bond donors (Lipinski definition) is 1. The first-order chi connectivity index (χ1) is 8.88. The molecular formula is C12H11NO5S. The second kappa shape index (κ2) is 4.85. The SMILES string of the molecule is Cc1cccc(OCC2=CS(=O)(=O)C(C(=O)O)=N2)c1. The van der Waals surface area contributed by atoms with Crippen molar-refractivity contribution in [3.05, 3.63) is 40.9 Å². The Hall–Kier alpha value is -2.15. The summed E-state index contributed by atoms with van der Waals surface area (Å²) in [6, 6.07) is 7.20. The number of aliphatic carboxylic acids is 1. The molecule has 1 aliphatic rings. The van der Waals surface area contributed by atoms with Crippen molar-refractivity contribution in [3.63, 3.8) is 0 Å². The van der Waals surface area contributed by atoms with Gasteiger partial charge in [0.1, 0.15) is 12.4 Å². The molecule has 1 N–H and O–H groups in total. The van der Waals surface area contributed by atoms with Crippen molar-refractivity contribution in [2.45, 2.75) is 6.92 Å². The molecule has 19 heavy (non-hydrogen) atoms. The Morgan fingerprint density at radius 2 is 2.16 bits per heavy atom. The molecule has 1 aromatic carbocycles. The van der Waals surface area contributed by atoms with E-state index in [4.69, 9.17) is 9.84 Å². The topological polar surface area (TPSA) is 93.0 Å². The van der Waals surface area contributed by atoms with Gasteiger partial charge in [-0.05, 0) is 24.6 Å². The van der Waals surface area contributed by atoms with E-state index in [1.54, 1.807) is 18.2 Å². The van der Waals surface area contributed by atoms with E-state index < -0.39 is 20.9 Å². The van der Waals surface area contributed by atoms with Crippen LogP contribution in [0.2, 0.25) is 0 Å². The number of aryl methyl sites for hydroxylation is 1. The molecule has 0 unspecified atom stereocenters. The Morgan fingerprint density at radius 1 is 1.42 bits per heavy atom. The minimum atomic E-state index is -3.94. The molecule has 0 aliphatic carbocycles. The van der Waals surface area contributed by atoms with Crippen molar-refractivity contribution in [1.29, 1.82) is 0 Å². The van der Waals surface area contributed by atoms with Gasteiger partial charge in [-0.2, -0.15) is 0 Å². The quantitative estimate of drug-likeness (QED) is 0.892. The van der Waals surface area contributed by atoms with Crippen LogP contribution < -0.4 is 4.74 Å². The van der Waals surface area contributed by atoms with Crippen LogP contribution in [0.15, 0.2) is 40.4 Å². The molecule has 7 heteroatoms. The fraction of sp³-hybridized carbons (Fsp3) is 0.167. The monoisotopic (exact) mass is 281 g/mol. The van der Waals surface area contributed by atoms with Crippen LogP contribution >= 0.6 is 0 Å². The van der Waals surface area contributed by atoms with Gasteiger partial charge in [0.2, 0.25) is 14.9 Å². The molecule has 100 valence electrons. The maximum Gasteiger partial charge on any atom is 0.366 e. The van der Waals surface area contributed by atoms with E-state index in [9.17, 15) is 13.2 Å². The van der Waals surface area contributed by atoms with Gasteiger partial charge in [-0.15, -0.1) is 0 Å². The van der Waals surface area contributed by atoms with Gasteiger partial charge >= 0.3 is 5.97 Å². The zero-order valence-electron chi connectivity index (χ0n) is 10.0. The lowest BCUT2D eigenvalue weighted by molar-refractivity contribution is -0.129. The third kappa shape index (κ3) is 3.00. The fourth-order valence-electron chi connectivity index (χ4n) is 1.55. The van der Waals surface area contributed by atoms with Crippen molar-refractivity contribution in [2.24, 2.45) is 4.99 Å². The van der Waals surface area contributed by atoms with Gasteiger partial charge in [0, 0.05) is 0 Å². The van der Waals surface area contributed by atoms with E-state index in [1.807, 2.05) is 13.0 Å². The third-order valence-electron chi connectivity index (χ3n) is 2.37. The van der Waals surface area contributed by atoms with Gasteiger partial charge in [0.15, 0.2) is 0 Å². The number of hydrogen-bond acceptors (Lipinski definition) is 5. The summed E-state index contributed by atoms with van der Waals surface area (Å²) >= 11 is 0. The predicted octanol–water partition coefficient (Wildman–Crippen LogP) is 1.13. The summed E-state index contributed by atoms with van der Waals surface area (Å²) < 4.78 is 28.2. The zero-order valence-corrected chi connectivity index (χ0v) is 10.8. The minimum absolute atomic E-state index is 0.0684. The number of aliphatic imine (C=N–C) groups is 1. The highest BCUT2D eigenvalue weighted by Gasteiger charge is 2.31. The Morgan fingerprint density at radius 3 is 2.74 bits per heavy atom. The summed E-state index contributed by atoms with van der Waals surface area (Å²) in [5.41, 5.74) is 1.07. The van der Waals surface area contributed by atoms with Gasteiger partial charge in [0.25, 0.3) is 0 Å². The summed E-state index contributed by atoms with van der Waals surface area (Å²) in [5, 5.41) is 8.65. The normalized spacial score (nSPS) is 16.7. The van der Waals surface area contributed by atoms with Crippen molar-refractivity contribution in [3.8, 4) is 5.75 Å². The van der Waals surface area contributed by atoms with Crippen molar-refractivity contribution in [2.75, 3.05) is 6.61 Å². The third-order valence-corrected chi connectivity index (χ3v) is 3.75. The lowest BCUT2D eigenvalue weighted by atomic mass is 10.2. The average molecular weight is 281 g/mol. The highest BCUT2D eigenvalue weighted by atomic mass is 32.2. The van der Waals surface area contributed by atoms with Crippen LogP contribution in [0.1, 0.15) is 5.56 Å². The van der Waals surface area contributed by atoms with Gasteiger partial charge in [0.05, 0.1) is 11.1 Å². The minimum Gasteiger partial charge on any atom is -0.487 e. The number of rotatable bonds is 4. The first-order valence-electron chi connectivity index (χ1n) is 5.35. The molecule has 0 bridgehead atoms. The average Bonchev–Trinajstić information content (AvgIpc) is 2.62. The molecule has 1 heterocycles. The van der Waals surface area contributed by atoms with Gasteiger partial charge in [-0.3, -0.25) is 0 Å². The molecule has 0 radical (unpaired) electrons. The number of nitrogens with zero attached hydrogens (tertiary/aromatic N) is 1. The highest BCUT2D eigenvalue weighted by molar-refractivity contribution is 8.11. The van der Waals surface area contributed by atoms with Crippen LogP contribution in [0.25, 0.3) is 0 Å². The number of sulfone groups is 1. The summed E-state index contributed by atoms with van der Waals surface area (Å²) in [6.45, 7) is 1.80. The largest absolute Gasteiger partial charge is 0.487 e. The van der Waals surface area contributed by atoms with Crippen LogP contribution in [0.5, 0.6) is 5.75 Å². The Balaban J connectivity index is 2.12. The Kier molecular flexibility index (Phi) is 3.39. The van der Waals surface area contributed by atoms with Crippen LogP contribution in [0.4, 0.5) is 0 Å². The Bertz CT molecular complexity index is 688. The molecular weight excluding hydrogens is 270 g/mol. The van der Waals surface area contributed by atoms with Crippen LogP contribution in [-0.2, 0) is 14.6 Å². The molecule has 1 aliphatic heterocycles. The number of carboxylic acids is 1. The second-order valence-electron chi connectivity index (χ2n) is 3.98. The van der Waals surface area contributed by atoms with E-state index in [2.05, 4.69) is 4.99 Å². The van der Waals surface area contributed by atoms with Gasteiger partial charge in [-0.1, -0.05) is 12.1 Å². The lowest BCUT2D eigenvalue weighted by Gasteiger charge is -2.05. The van der Waals surface area contributed by atoms with Crippen molar-refractivity contribution in [1.82, 2.24) is 0 Å². The Labute approximate surface area is 110 Å². The van der Waals surface area contributed by atoms with E-state index in [1.165, 1.54) is 0 Å². The molecule has 0 saturated carbocycles. The molecule has 0 atom stereocenters. The maximum absolute atomic E-state index is 11.4. The number of benzene rings is 1. The number of ether oxygens (including phenoxy) is 1. The van der Waals surface area contributed by atoms with Crippen molar-refractivity contribution >= 4 is 20.9 Å². The first-order valence-corrected chi connectivity index (χ1v) is 6.90. The molecule has 0 fully saturated rings. The molecule has 0 amide bonds.